The number of amides is 1. The minimum Gasteiger partial charge on any atom is -0.462 e. The third kappa shape index (κ3) is 7.48. The molecule has 0 unspecified atom stereocenters. The van der Waals surface area contributed by atoms with Crippen LogP contribution < -0.4 is 0 Å². The molecular formula is C25H36N2O5. The van der Waals surface area contributed by atoms with Gasteiger partial charge in [0.1, 0.15) is 5.57 Å². The molecule has 0 radical (unpaired) electrons. The fourth-order valence-electron chi connectivity index (χ4n) is 4.06. The van der Waals surface area contributed by atoms with E-state index < -0.39 is 17.8 Å². The van der Waals surface area contributed by atoms with Crippen LogP contribution in [0.4, 0.5) is 0 Å². The monoisotopic (exact) mass is 444 g/mol. The molecule has 0 aromatic heterocycles. The summed E-state index contributed by atoms with van der Waals surface area (Å²) in [5.41, 5.74) is 0.597. The summed E-state index contributed by atoms with van der Waals surface area (Å²) < 4.78 is 9.93. The number of piperidine rings is 1. The van der Waals surface area contributed by atoms with E-state index in [0.29, 0.717) is 25.2 Å². The standard InChI is InChI=1S/C25H36N2O5/c1-5-31-24(29)22(25(30)32-6-2)17-23(28)26(18-21-13-8-7-9-14-21)15-16-27-19(3)11-10-12-20(27)4/h7-9,13-14,17,19-20H,5-6,10-12,15-16,18H2,1-4H3/t19-,20+. The van der Waals surface area contributed by atoms with Crippen LogP contribution in [0.25, 0.3) is 0 Å². The van der Waals surface area contributed by atoms with Gasteiger partial charge in [0, 0.05) is 37.8 Å². The summed E-state index contributed by atoms with van der Waals surface area (Å²) in [5.74, 6) is -2.11. The molecule has 1 amide bonds. The average molecular weight is 445 g/mol. The number of carbonyl (C=O) groups is 3. The van der Waals surface area contributed by atoms with Crippen molar-refractivity contribution in [1.82, 2.24) is 9.80 Å². The summed E-state index contributed by atoms with van der Waals surface area (Å²) >= 11 is 0. The molecule has 0 spiro atoms. The zero-order valence-electron chi connectivity index (χ0n) is 19.7. The molecular weight excluding hydrogens is 408 g/mol. The van der Waals surface area contributed by atoms with Gasteiger partial charge in [0.05, 0.1) is 13.2 Å². The minimum absolute atomic E-state index is 0.0994. The Kier molecular flexibility index (Phi) is 10.4. The van der Waals surface area contributed by atoms with E-state index in [1.54, 1.807) is 18.7 Å². The summed E-state index contributed by atoms with van der Waals surface area (Å²) in [6, 6.07) is 10.6. The third-order valence-electron chi connectivity index (χ3n) is 5.79. The fourth-order valence-corrected chi connectivity index (χ4v) is 4.06. The molecule has 0 bridgehead atoms. The van der Waals surface area contributed by atoms with Crippen molar-refractivity contribution in [2.24, 2.45) is 0 Å². The lowest BCUT2D eigenvalue weighted by atomic mass is 9.97. The Morgan fingerprint density at radius 3 is 2.09 bits per heavy atom. The number of nitrogens with zero attached hydrogens (tertiary/aromatic N) is 2. The first-order valence-electron chi connectivity index (χ1n) is 11.5. The number of carbonyl (C=O) groups excluding carboxylic acids is 3. The molecule has 2 atom stereocenters. The van der Waals surface area contributed by atoms with Gasteiger partial charge in [-0.15, -0.1) is 0 Å². The van der Waals surface area contributed by atoms with E-state index >= 15 is 0 Å². The van der Waals surface area contributed by atoms with Crippen LogP contribution >= 0.6 is 0 Å². The maximum Gasteiger partial charge on any atom is 0.345 e. The van der Waals surface area contributed by atoms with Crippen LogP contribution in [0.2, 0.25) is 0 Å². The van der Waals surface area contributed by atoms with Crippen molar-refractivity contribution in [1.29, 1.82) is 0 Å². The summed E-state index contributed by atoms with van der Waals surface area (Å²) in [7, 11) is 0. The van der Waals surface area contributed by atoms with Gasteiger partial charge in [-0.05, 0) is 46.1 Å². The normalized spacial score (nSPS) is 18.5. The fraction of sp³-hybridized carbons (Fsp3) is 0.560. The second-order valence-electron chi connectivity index (χ2n) is 8.11. The highest BCUT2D eigenvalue weighted by Crippen LogP contribution is 2.22. The molecule has 1 fully saturated rings. The molecule has 1 aliphatic rings. The molecule has 0 saturated carbocycles. The summed E-state index contributed by atoms with van der Waals surface area (Å²) in [5, 5.41) is 0. The highest BCUT2D eigenvalue weighted by Gasteiger charge is 2.27. The highest BCUT2D eigenvalue weighted by atomic mass is 16.6. The minimum atomic E-state index is -0.850. The zero-order valence-corrected chi connectivity index (χ0v) is 19.7. The SMILES string of the molecule is CCOC(=O)C(=CC(=O)N(CCN1[C@H](C)CCC[C@@H]1C)Cc1ccccc1)C(=O)OCC. The number of benzene rings is 1. The predicted octanol–water partition coefficient (Wildman–Crippen LogP) is 3.33. The summed E-state index contributed by atoms with van der Waals surface area (Å²) in [6.07, 6.45) is 4.57. The molecule has 2 rings (SSSR count). The van der Waals surface area contributed by atoms with Gasteiger partial charge in [0.25, 0.3) is 0 Å². The molecule has 7 nitrogen and oxygen atoms in total. The molecule has 1 aliphatic heterocycles. The number of likely N-dealkylation sites (tertiary alicyclic amines) is 1. The van der Waals surface area contributed by atoms with Crippen molar-refractivity contribution in [2.75, 3.05) is 26.3 Å². The first-order valence-corrected chi connectivity index (χ1v) is 11.5. The Morgan fingerprint density at radius 2 is 1.56 bits per heavy atom. The van der Waals surface area contributed by atoms with E-state index in [2.05, 4.69) is 18.7 Å². The predicted molar refractivity (Wildman–Crippen MR) is 123 cm³/mol. The zero-order chi connectivity index (χ0) is 23.5. The lowest BCUT2D eigenvalue weighted by molar-refractivity contribution is -0.147. The number of hydrogen-bond acceptors (Lipinski definition) is 6. The molecule has 1 heterocycles. The van der Waals surface area contributed by atoms with Crippen LogP contribution in [0.15, 0.2) is 42.0 Å². The van der Waals surface area contributed by atoms with Crippen molar-refractivity contribution >= 4 is 17.8 Å². The van der Waals surface area contributed by atoms with E-state index in [-0.39, 0.29) is 18.8 Å². The van der Waals surface area contributed by atoms with Crippen LogP contribution in [-0.4, -0.2) is 66.0 Å². The smallest absolute Gasteiger partial charge is 0.345 e. The summed E-state index contributed by atoms with van der Waals surface area (Å²) in [4.78, 5) is 41.9. The van der Waals surface area contributed by atoms with Crippen molar-refractivity contribution in [3.63, 3.8) is 0 Å². The average Bonchev–Trinajstić information content (AvgIpc) is 2.77. The lowest BCUT2D eigenvalue weighted by Gasteiger charge is -2.40. The van der Waals surface area contributed by atoms with E-state index in [4.69, 9.17) is 9.47 Å². The summed E-state index contributed by atoms with van der Waals surface area (Å²) in [6.45, 7) is 9.52. The van der Waals surface area contributed by atoms with Crippen molar-refractivity contribution in [3.8, 4) is 0 Å². The van der Waals surface area contributed by atoms with Gasteiger partial charge in [-0.1, -0.05) is 36.8 Å². The second-order valence-corrected chi connectivity index (χ2v) is 8.11. The van der Waals surface area contributed by atoms with Crippen molar-refractivity contribution in [2.45, 2.75) is 65.6 Å². The van der Waals surface area contributed by atoms with E-state index in [0.717, 1.165) is 31.0 Å². The molecule has 0 aliphatic carbocycles. The van der Waals surface area contributed by atoms with Gasteiger partial charge in [-0.25, -0.2) is 9.59 Å². The van der Waals surface area contributed by atoms with Crippen LogP contribution in [0.3, 0.4) is 0 Å². The van der Waals surface area contributed by atoms with Gasteiger partial charge < -0.3 is 14.4 Å². The molecule has 32 heavy (non-hydrogen) atoms. The molecule has 1 saturated heterocycles. The first kappa shape index (κ1) is 25.6. The third-order valence-corrected chi connectivity index (χ3v) is 5.79. The molecule has 7 heteroatoms. The number of esters is 2. The van der Waals surface area contributed by atoms with Gasteiger partial charge in [-0.3, -0.25) is 9.69 Å². The second kappa shape index (κ2) is 13.0. The van der Waals surface area contributed by atoms with Crippen LogP contribution in [0.1, 0.15) is 52.5 Å². The lowest BCUT2D eigenvalue weighted by Crippen LogP contribution is -2.47. The van der Waals surface area contributed by atoms with Crippen LogP contribution in [0.5, 0.6) is 0 Å². The Labute approximate surface area is 191 Å². The van der Waals surface area contributed by atoms with Gasteiger partial charge >= 0.3 is 11.9 Å². The Morgan fingerprint density at radius 1 is 1.00 bits per heavy atom. The quantitative estimate of drug-likeness (QED) is 0.238. The molecule has 1 aromatic carbocycles. The Balaban J connectivity index is 2.25. The Hall–Kier alpha value is -2.67. The van der Waals surface area contributed by atoms with E-state index in [9.17, 15) is 14.4 Å². The Bertz CT molecular complexity index is 763. The largest absolute Gasteiger partial charge is 0.462 e. The van der Waals surface area contributed by atoms with E-state index in [1.807, 2.05) is 30.3 Å². The molecule has 0 N–H and O–H groups in total. The van der Waals surface area contributed by atoms with Crippen LogP contribution in [-0.2, 0) is 30.4 Å². The number of ether oxygens (including phenoxy) is 2. The number of hydrogen-bond donors (Lipinski definition) is 0. The van der Waals surface area contributed by atoms with Gasteiger partial charge in [0.15, 0.2) is 0 Å². The highest BCUT2D eigenvalue weighted by molar-refractivity contribution is 6.17. The van der Waals surface area contributed by atoms with Gasteiger partial charge in [0.2, 0.25) is 5.91 Å². The first-order chi connectivity index (χ1) is 15.4. The molecule has 176 valence electrons. The van der Waals surface area contributed by atoms with Gasteiger partial charge in [-0.2, -0.15) is 0 Å². The topological polar surface area (TPSA) is 76.2 Å². The molecule has 1 aromatic rings. The number of rotatable bonds is 10. The van der Waals surface area contributed by atoms with E-state index in [1.165, 1.54) is 6.42 Å². The maximum absolute atomic E-state index is 13.2. The van der Waals surface area contributed by atoms with Crippen molar-refractivity contribution in [3.05, 3.63) is 47.5 Å². The van der Waals surface area contributed by atoms with Crippen molar-refractivity contribution < 1.29 is 23.9 Å². The van der Waals surface area contributed by atoms with Crippen LogP contribution in [0, 0.1) is 0 Å². The maximum atomic E-state index is 13.2.